The van der Waals surface area contributed by atoms with Crippen LogP contribution in [0.4, 0.5) is 0 Å². The molecule has 6 N–H and O–H groups in total. The van der Waals surface area contributed by atoms with Crippen molar-refractivity contribution < 1.29 is 14.4 Å². The lowest BCUT2D eigenvalue weighted by Crippen LogP contribution is -2.54. The van der Waals surface area contributed by atoms with Crippen molar-refractivity contribution in [2.75, 3.05) is 6.54 Å². The largest absolute Gasteiger partial charge is 0.368 e. The van der Waals surface area contributed by atoms with Gasteiger partial charge < -0.3 is 22.1 Å². The number of rotatable bonds is 7. The van der Waals surface area contributed by atoms with E-state index in [0.717, 1.165) is 0 Å². The lowest BCUT2D eigenvalue weighted by Gasteiger charge is -2.23. The molecular weight excluding hydrogens is 236 g/mol. The molecule has 104 valence electrons. The predicted molar refractivity (Wildman–Crippen MR) is 67.2 cm³/mol. The maximum atomic E-state index is 11.8. The van der Waals surface area contributed by atoms with Gasteiger partial charge in [-0.15, -0.1) is 0 Å². The number of primary amides is 1. The molecule has 0 aromatic heterocycles. The molecule has 0 heterocycles. The van der Waals surface area contributed by atoms with Gasteiger partial charge in [-0.1, -0.05) is 20.3 Å². The van der Waals surface area contributed by atoms with E-state index in [4.69, 9.17) is 11.5 Å². The van der Waals surface area contributed by atoms with Crippen LogP contribution in [0, 0.1) is 5.92 Å². The average molecular weight is 258 g/mol. The molecule has 3 amide bonds. The number of hydrogen-bond donors (Lipinski definition) is 4. The molecular formula is C11H22N4O3. The molecule has 0 saturated heterocycles. The maximum absolute atomic E-state index is 11.8. The van der Waals surface area contributed by atoms with Crippen LogP contribution in [0.5, 0.6) is 0 Å². The molecule has 0 aliphatic rings. The minimum absolute atomic E-state index is 0.0659. The quantitative estimate of drug-likeness (QED) is 0.441. The SMILES string of the molecule is CC[C@@H](C)[C@H](NC(=O)[C@@H](C)NC(=O)CN)C(N)=O. The molecule has 3 atom stereocenters. The number of nitrogens with two attached hydrogens (primary N) is 2. The molecule has 18 heavy (non-hydrogen) atoms. The van der Waals surface area contributed by atoms with Gasteiger partial charge in [0.25, 0.3) is 0 Å². The van der Waals surface area contributed by atoms with Crippen molar-refractivity contribution in [3.63, 3.8) is 0 Å². The highest BCUT2D eigenvalue weighted by molar-refractivity contribution is 5.91. The zero-order valence-corrected chi connectivity index (χ0v) is 11.0. The highest BCUT2D eigenvalue weighted by Crippen LogP contribution is 2.07. The van der Waals surface area contributed by atoms with Gasteiger partial charge in [0.1, 0.15) is 12.1 Å². The first kappa shape index (κ1) is 16.4. The number of amides is 3. The Kier molecular flexibility index (Phi) is 6.96. The Hall–Kier alpha value is -1.63. The monoisotopic (exact) mass is 258 g/mol. The third-order valence-electron chi connectivity index (χ3n) is 2.77. The minimum atomic E-state index is -0.757. The van der Waals surface area contributed by atoms with Crippen LogP contribution in [0.25, 0.3) is 0 Å². The third-order valence-corrected chi connectivity index (χ3v) is 2.77. The molecule has 0 bridgehead atoms. The van der Waals surface area contributed by atoms with E-state index >= 15 is 0 Å². The van der Waals surface area contributed by atoms with Crippen LogP contribution in [-0.4, -0.2) is 36.3 Å². The molecule has 7 nitrogen and oxygen atoms in total. The zero-order valence-electron chi connectivity index (χ0n) is 11.0. The van der Waals surface area contributed by atoms with E-state index in [1.807, 2.05) is 13.8 Å². The standard InChI is InChI=1S/C11H22N4O3/c1-4-6(2)9(10(13)17)15-11(18)7(3)14-8(16)5-12/h6-7,9H,4-5,12H2,1-3H3,(H2,13,17)(H,14,16)(H,15,18)/t6-,7-,9+/m1/s1. The van der Waals surface area contributed by atoms with Gasteiger partial charge in [0.15, 0.2) is 0 Å². The van der Waals surface area contributed by atoms with Gasteiger partial charge in [0, 0.05) is 0 Å². The predicted octanol–water partition coefficient (Wildman–Crippen LogP) is -1.53. The van der Waals surface area contributed by atoms with Crippen molar-refractivity contribution in [2.24, 2.45) is 17.4 Å². The minimum Gasteiger partial charge on any atom is -0.368 e. The first-order chi connectivity index (χ1) is 8.33. The van der Waals surface area contributed by atoms with Crippen LogP contribution in [0.1, 0.15) is 27.2 Å². The van der Waals surface area contributed by atoms with Gasteiger partial charge in [-0.2, -0.15) is 0 Å². The van der Waals surface area contributed by atoms with Crippen molar-refractivity contribution >= 4 is 17.7 Å². The molecule has 0 radical (unpaired) electrons. The van der Waals surface area contributed by atoms with E-state index in [-0.39, 0.29) is 12.5 Å². The molecule has 0 aromatic carbocycles. The summed E-state index contributed by atoms with van der Waals surface area (Å²) < 4.78 is 0. The Bertz CT molecular complexity index is 319. The van der Waals surface area contributed by atoms with Crippen LogP contribution in [0.3, 0.4) is 0 Å². The highest BCUT2D eigenvalue weighted by atomic mass is 16.2. The summed E-state index contributed by atoms with van der Waals surface area (Å²) in [6, 6.07) is -1.49. The van der Waals surface area contributed by atoms with E-state index in [9.17, 15) is 14.4 Å². The van der Waals surface area contributed by atoms with Gasteiger partial charge in [-0.25, -0.2) is 0 Å². The maximum Gasteiger partial charge on any atom is 0.242 e. The fraction of sp³-hybridized carbons (Fsp3) is 0.727. The van der Waals surface area contributed by atoms with Gasteiger partial charge >= 0.3 is 0 Å². The average Bonchev–Trinajstić information content (AvgIpc) is 2.33. The van der Waals surface area contributed by atoms with Crippen molar-refractivity contribution in [3.05, 3.63) is 0 Å². The second-order valence-electron chi connectivity index (χ2n) is 4.27. The van der Waals surface area contributed by atoms with Crippen LogP contribution in [0.15, 0.2) is 0 Å². The summed E-state index contributed by atoms with van der Waals surface area (Å²) in [5.74, 6) is -1.54. The van der Waals surface area contributed by atoms with E-state index in [1.165, 1.54) is 6.92 Å². The summed E-state index contributed by atoms with van der Waals surface area (Å²) in [5, 5.41) is 4.93. The van der Waals surface area contributed by atoms with Crippen molar-refractivity contribution in [1.29, 1.82) is 0 Å². The van der Waals surface area contributed by atoms with Crippen LogP contribution in [0.2, 0.25) is 0 Å². The summed E-state index contributed by atoms with van der Waals surface area (Å²) in [6.45, 7) is 5.03. The van der Waals surface area contributed by atoms with Crippen LogP contribution in [-0.2, 0) is 14.4 Å². The fourth-order valence-electron chi connectivity index (χ4n) is 1.37. The lowest BCUT2D eigenvalue weighted by atomic mass is 9.98. The van der Waals surface area contributed by atoms with Crippen molar-refractivity contribution in [1.82, 2.24) is 10.6 Å². The van der Waals surface area contributed by atoms with E-state index in [1.54, 1.807) is 0 Å². The second-order valence-corrected chi connectivity index (χ2v) is 4.27. The van der Waals surface area contributed by atoms with E-state index < -0.39 is 29.8 Å². The van der Waals surface area contributed by atoms with Crippen molar-refractivity contribution in [3.8, 4) is 0 Å². The molecule has 0 spiro atoms. The number of carbonyl (C=O) groups is 3. The van der Waals surface area contributed by atoms with Crippen molar-refractivity contribution in [2.45, 2.75) is 39.3 Å². The molecule has 0 aliphatic heterocycles. The number of nitrogens with one attached hydrogen (secondary N) is 2. The van der Waals surface area contributed by atoms with E-state index in [0.29, 0.717) is 6.42 Å². The van der Waals surface area contributed by atoms with E-state index in [2.05, 4.69) is 10.6 Å². The Morgan fingerprint density at radius 1 is 1.17 bits per heavy atom. The zero-order chi connectivity index (χ0) is 14.3. The summed E-state index contributed by atoms with van der Waals surface area (Å²) >= 11 is 0. The summed E-state index contributed by atoms with van der Waals surface area (Å²) in [4.78, 5) is 34.0. The molecule has 0 rings (SSSR count). The smallest absolute Gasteiger partial charge is 0.242 e. The van der Waals surface area contributed by atoms with Crippen LogP contribution >= 0.6 is 0 Å². The lowest BCUT2D eigenvalue weighted by molar-refractivity contribution is -0.131. The molecule has 0 aromatic rings. The Labute approximate surface area is 107 Å². The van der Waals surface area contributed by atoms with Gasteiger partial charge in [0.05, 0.1) is 6.54 Å². The first-order valence-electron chi connectivity index (χ1n) is 5.92. The molecule has 0 aliphatic carbocycles. The summed E-state index contributed by atoms with van der Waals surface area (Å²) in [6.07, 6.45) is 0.706. The second kappa shape index (κ2) is 7.65. The molecule has 0 saturated carbocycles. The summed E-state index contributed by atoms with van der Waals surface area (Å²) in [5.41, 5.74) is 10.3. The normalized spacial score (nSPS) is 15.3. The number of carbonyl (C=O) groups excluding carboxylic acids is 3. The van der Waals surface area contributed by atoms with Crippen LogP contribution < -0.4 is 22.1 Å². The van der Waals surface area contributed by atoms with Gasteiger partial charge in [-0.05, 0) is 12.8 Å². The Balaban J connectivity index is 4.50. The molecule has 0 fully saturated rings. The Morgan fingerprint density at radius 2 is 1.72 bits per heavy atom. The third kappa shape index (κ3) is 5.13. The molecule has 0 unspecified atom stereocenters. The number of hydrogen-bond acceptors (Lipinski definition) is 4. The topological polar surface area (TPSA) is 127 Å². The molecule has 7 heteroatoms. The van der Waals surface area contributed by atoms with Gasteiger partial charge in [-0.3, -0.25) is 14.4 Å². The van der Waals surface area contributed by atoms with Gasteiger partial charge in [0.2, 0.25) is 17.7 Å². The summed E-state index contributed by atoms with van der Waals surface area (Å²) in [7, 11) is 0. The highest BCUT2D eigenvalue weighted by Gasteiger charge is 2.26. The fourth-order valence-corrected chi connectivity index (χ4v) is 1.37. The Morgan fingerprint density at radius 3 is 2.11 bits per heavy atom. The first-order valence-corrected chi connectivity index (χ1v) is 5.92.